The van der Waals surface area contributed by atoms with Gasteiger partial charge in [-0.05, 0) is 18.2 Å². The zero-order valence-corrected chi connectivity index (χ0v) is 9.67. The second kappa shape index (κ2) is 5.14. The van der Waals surface area contributed by atoms with Crippen molar-refractivity contribution < 1.29 is 4.92 Å². The summed E-state index contributed by atoms with van der Waals surface area (Å²) < 4.78 is 0. The molecule has 0 spiro atoms. The van der Waals surface area contributed by atoms with Crippen molar-refractivity contribution in [3.05, 3.63) is 76.9 Å². The van der Waals surface area contributed by atoms with E-state index in [1.54, 1.807) is 18.2 Å². The molecule has 4 nitrogen and oxygen atoms in total. The minimum atomic E-state index is -0.410. The van der Waals surface area contributed by atoms with Crippen LogP contribution in [0.5, 0.6) is 0 Å². The number of rotatable bonds is 4. The fourth-order valence-corrected chi connectivity index (χ4v) is 1.65. The zero-order chi connectivity index (χ0) is 13.0. The van der Waals surface area contributed by atoms with Crippen LogP contribution in [-0.4, -0.2) is 4.92 Å². The molecule has 0 amide bonds. The van der Waals surface area contributed by atoms with Gasteiger partial charge in [0, 0.05) is 17.5 Å². The van der Waals surface area contributed by atoms with Crippen molar-refractivity contribution in [1.29, 1.82) is 0 Å². The molecule has 0 atom stereocenters. The lowest BCUT2D eigenvalue weighted by molar-refractivity contribution is -0.385. The summed E-state index contributed by atoms with van der Waals surface area (Å²) in [5, 5.41) is 14.0. The molecular weight excluding hydrogens is 228 g/mol. The van der Waals surface area contributed by atoms with Crippen LogP contribution in [0.2, 0.25) is 0 Å². The molecule has 0 aliphatic heterocycles. The highest BCUT2D eigenvalue weighted by Gasteiger charge is 2.14. The quantitative estimate of drug-likeness (QED) is 0.655. The van der Waals surface area contributed by atoms with Gasteiger partial charge in [-0.1, -0.05) is 36.9 Å². The highest BCUT2D eigenvalue weighted by Crippen LogP contribution is 2.25. The number of anilines is 1. The largest absolute Gasteiger partial charge is 0.355 e. The van der Waals surface area contributed by atoms with E-state index in [-0.39, 0.29) is 5.69 Å². The Kier molecular flexibility index (Phi) is 3.38. The van der Waals surface area contributed by atoms with E-state index in [0.717, 1.165) is 5.69 Å². The van der Waals surface area contributed by atoms with Gasteiger partial charge < -0.3 is 5.32 Å². The monoisotopic (exact) mass is 240 g/mol. The first kappa shape index (κ1) is 11.9. The first-order chi connectivity index (χ1) is 8.68. The molecule has 0 unspecified atom stereocenters. The lowest BCUT2D eigenvalue weighted by Crippen LogP contribution is -2.01. The average Bonchev–Trinajstić information content (AvgIpc) is 2.40. The topological polar surface area (TPSA) is 55.2 Å². The van der Waals surface area contributed by atoms with Crippen LogP contribution in [0.15, 0.2) is 61.2 Å². The summed E-state index contributed by atoms with van der Waals surface area (Å²) in [6.45, 7) is 3.85. The van der Waals surface area contributed by atoms with E-state index in [9.17, 15) is 10.1 Å². The Labute approximate surface area is 105 Å². The Morgan fingerprint density at radius 2 is 1.67 bits per heavy atom. The Morgan fingerprint density at radius 1 is 1.06 bits per heavy atom. The first-order valence-corrected chi connectivity index (χ1v) is 5.43. The number of benzene rings is 2. The number of nitro benzene ring substituents is 1. The van der Waals surface area contributed by atoms with Gasteiger partial charge in [-0.25, -0.2) is 0 Å². The van der Waals surface area contributed by atoms with Gasteiger partial charge in [-0.2, -0.15) is 0 Å². The van der Waals surface area contributed by atoms with Crippen molar-refractivity contribution in [3.63, 3.8) is 0 Å². The number of nitro groups is 1. The van der Waals surface area contributed by atoms with E-state index in [1.165, 1.54) is 6.07 Å². The number of nitrogens with zero attached hydrogens (tertiary/aromatic N) is 1. The SMILES string of the molecule is C=C(Nc1ccccc1)c1ccccc1[N+](=O)[O-]. The van der Waals surface area contributed by atoms with Crippen molar-refractivity contribution in [2.75, 3.05) is 5.32 Å². The maximum atomic E-state index is 10.9. The van der Waals surface area contributed by atoms with E-state index in [2.05, 4.69) is 11.9 Å². The molecule has 1 N–H and O–H groups in total. The fourth-order valence-electron chi connectivity index (χ4n) is 1.65. The molecule has 0 saturated carbocycles. The lowest BCUT2D eigenvalue weighted by atomic mass is 10.1. The van der Waals surface area contributed by atoms with E-state index in [1.807, 2.05) is 30.3 Å². The average molecular weight is 240 g/mol. The summed E-state index contributed by atoms with van der Waals surface area (Å²) >= 11 is 0. The molecule has 2 aromatic rings. The van der Waals surface area contributed by atoms with Gasteiger partial charge in [0.15, 0.2) is 0 Å². The number of para-hydroxylation sites is 2. The molecular formula is C14H12N2O2. The minimum Gasteiger partial charge on any atom is -0.355 e. The zero-order valence-electron chi connectivity index (χ0n) is 9.67. The van der Waals surface area contributed by atoms with Crippen molar-refractivity contribution in [2.45, 2.75) is 0 Å². The third kappa shape index (κ3) is 2.55. The summed E-state index contributed by atoms with van der Waals surface area (Å²) in [6.07, 6.45) is 0. The molecule has 0 fully saturated rings. The smallest absolute Gasteiger partial charge is 0.278 e. The molecule has 0 radical (unpaired) electrons. The molecule has 18 heavy (non-hydrogen) atoms. The van der Waals surface area contributed by atoms with Crippen molar-refractivity contribution in [1.82, 2.24) is 0 Å². The van der Waals surface area contributed by atoms with E-state index >= 15 is 0 Å². The fraction of sp³-hybridized carbons (Fsp3) is 0. The predicted octanol–water partition coefficient (Wildman–Crippen LogP) is 3.68. The molecule has 90 valence electrons. The Bertz CT molecular complexity index is 579. The Hall–Kier alpha value is -2.62. The molecule has 0 bridgehead atoms. The van der Waals surface area contributed by atoms with Crippen LogP contribution >= 0.6 is 0 Å². The van der Waals surface area contributed by atoms with Crippen molar-refractivity contribution in [2.24, 2.45) is 0 Å². The molecule has 0 aliphatic rings. The number of nitrogens with one attached hydrogen (secondary N) is 1. The van der Waals surface area contributed by atoms with Gasteiger partial charge in [0.25, 0.3) is 5.69 Å². The standard InChI is InChI=1S/C14H12N2O2/c1-11(15-12-7-3-2-4-8-12)13-9-5-6-10-14(13)16(17)18/h2-10,15H,1H2. The second-order valence-corrected chi connectivity index (χ2v) is 3.74. The molecule has 0 aliphatic carbocycles. The molecule has 0 saturated heterocycles. The minimum absolute atomic E-state index is 0.0472. The summed E-state index contributed by atoms with van der Waals surface area (Å²) in [7, 11) is 0. The molecule has 4 heteroatoms. The van der Waals surface area contributed by atoms with Gasteiger partial charge in [0.05, 0.1) is 10.5 Å². The van der Waals surface area contributed by atoms with Crippen molar-refractivity contribution in [3.8, 4) is 0 Å². The molecule has 0 aromatic heterocycles. The molecule has 2 aromatic carbocycles. The van der Waals surface area contributed by atoms with Crippen LogP contribution in [0, 0.1) is 10.1 Å². The van der Waals surface area contributed by atoms with Gasteiger partial charge in [0.1, 0.15) is 0 Å². The Balaban J connectivity index is 2.27. The van der Waals surface area contributed by atoms with Gasteiger partial charge >= 0.3 is 0 Å². The molecule has 2 rings (SSSR count). The van der Waals surface area contributed by atoms with Crippen LogP contribution in [0.3, 0.4) is 0 Å². The van der Waals surface area contributed by atoms with Gasteiger partial charge in [-0.3, -0.25) is 10.1 Å². The summed E-state index contributed by atoms with van der Waals surface area (Å²) in [5.41, 5.74) is 1.89. The van der Waals surface area contributed by atoms with Gasteiger partial charge in [0.2, 0.25) is 0 Å². The summed E-state index contributed by atoms with van der Waals surface area (Å²) in [4.78, 5) is 10.5. The van der Waals surface area contributed by atoms with E-state index in [4.69, 9.17) is 0 Å². The number of hydrogen-bond donors (Lipinski definition) is 1. The van der Waals surface area contributed by atoms with Crippen molar-refractivity contribution >= 4 is 17.1 Å². The van der Waals surface area contributed by atoms with Crippen LogP contribution in [0.4, 0.5) is 11.4 Å². The first-order valence-electron chi connectivity index (χ1n) is 5.43. The van der Waals surface area contributed by atoms with Crippen LogP contribution in [-0.2, 0) is 0 Å². The normalized spacial score (nSPS) is 9.78. The summed E-state index contributed by atoms with van der Waals surface area (Å²) in [6, 6.07) is 15.9. The van der Waals surface area contributed by atoms with E-state index < -0.39 is 4.92 Å². The highest BCUT2D eigenvalue weighted by molar-refractivity contribution is 5.79. The van der Waals surface area contributed by atoms with Crippen LogP contribution < -0.4 is 5.32 Å². The third-order valence-electron chi connectivity index (χ3n) is 2.49. The maximum Gasteiger partial charge on any atom is 0.278 e. The van der Waals surface area contributed by atoms with E-state index in [0.29, 0.717) is 11.3 Å². The van der Waals surface area contributed by atoms with Crippen LogP contribution in [0.25, 0.3) is 5.70 Å². The van der Waals surface area contributed by atoms with Crippen LogP contribution in [0.1, 0.15) is 5.56 Å². The molecule has 0 heterocycles. The highest BCUT2D eigenvalue weighted by atomic mass is 16.6. The van der Waals surface area contributed by atoms with Gasteiger partial charge in [-0.15, -0.1) is 0 Å². The third-order valence-corrected chi connectivity index (χ3v) is 2.49. The Morgan fingerprint density at radius 3 is 2.33 bits per heavy atom. The second-order valence-electron chi connectivity index (χ2n) is 3.74. The summed E-state index contributed by atoms with van der Waals surface area (Å²) in [5.74, 6) is 0. The number of hydrogen-bond acceptors (Lipinski definition) is 3. The predicted molar refractivity (Wildman–Crippen MR) is 72.2 cm³/mol. The lowest BCUT2D eigenvalue weighted by Gasteiger charge is -2.09. The maximum absolute atomic E-state index is 10.9.